The molecule has 1 fully saturated rings. The molecule has 0 bridgehead atoms. The molecule has 1 aliphatic rings. The van der Waals surface area contributed by atoms with E-state index in [0.29, 0.717) is 0 Å². The van der Waals surface area contributed by atoms with Crippen LogP contribution in [0.5, 0.6) is 0 Å². The van der Waals surface area contributed by atoms with Gasteiger partial charge in [0.15, 0.2) is 0 Å². The summed E-state index contributed by atoms with van der Waals surface area (Å²) in [6, 6.07) is 0. The predicted molar refractivity (Wildman–Crippen MR) is 53.9 cm³/mol. The third-order valence-electron chi connectivity index (χ3n) is 2.26. The predicted octanol–water partition coefficient (Wildman–Crippen LogP) is -1.33. The number of aliphatic hydroxyl groups excluding tert-OH is 3. The second kappa shape index (κ2) is 4.51. The molecule has 0 aromatic heterocycles. The molecular formula is C10H17O7. The van der Waals surface area contributed by atoms with Gasteiger partial charge in [0.1, 0.15) is 17.8 Å². The van der Waals surface area contributed by atoms with Gasteiger partial charge in [-0.05, 0) is 20.8 Å². The van der Waals surface area contributed by atoms with Crippen molar-refractivity contribution in [3.8, 4) is 0 Å². The van der Waals surface area contributed by atoms with Crippen molar-refractivity contribution in [2.75, 3.05) is 6.61 Å². The fourth-order valence-corrected chi connectivity index (χ4v) is 1.39. The summed E-state index contributed by atoms with van der Waals surface area (Å²) in [7, 11) is 0. The highest BCUT2D eigenvalue weighted by molar-refractivity contribution is 5.83. The monoisotopic (exact) mass is 249 g/mol. The minimum atomic E-state index is -2.67. The highest BCUT2D eigenvalue weighted by atomic mass is 16.7. The number of carbonyl (C=O) groups excluding carboxylic acids is 1. The summed E-state index contributed by atoms with van der Waals surface area (Å²) in [5.74, 6) is -1.23. The van der Waals surface area contributed by atoms with Crippen molar-refractivity contribution in [1.82, 2.24) is 0 Å². The lowest BCUT2D eigenvalue weighted by molar-refractivity contribution is -0.191. The summed E-state index contributed by atoms with van der Waals surface area (Å²) < 4.78 is 9.46. The SMILES string of the molecule is CC(C)(C)OC(=O)[C@]1(O)[C](O)O[C@H](CO)[C@@H]1O. The largest absolute Gasteiger partial charge is 0.458 e. The van der Waals surface area contributed by atoms with Gasteiger partial charge in [0.25, 0.3) is 11.9 Å². The van der Waals surface area contributed by atoms with E-state index in [0.717, 1.165) is 0 Å². The summed E-state index contributed by atoms with van der Waals surface area (Å²) in [6.07, 6.45) is -4.13. The first-order chi connectivity index (χ1) is 7.63. The number of hydrogen-bond acceptors (Lipinski definition) is 7. The van der Waals surface area contributed by atoms with Crippen molar-refractivity contribution in [3.05, 3.63) is 6.29 Å². The van der Waals surface area contributed by atoms with Crippen LogP contribution in [0.15, 0.2) is 0 Å². The first-order valence-electron chi connectivity index (χ1n) is 5.10. The Morgan fingerprint density at radius 3 is 2.41 bits per heavy atom. The maximum absolute atomic E-state index is 11.7. The number of esters is 1. The Labute approximate surface area is 98.6 Å². The molecule has 1 heterocycles. The van der Waals surface area contributed by atoms with Gasteiger partial charge in [0.2, 0.25) is 0 Å². The molecule has 0 spiro atoms. The van der Waals surface area contributed by atoms with Gasteiger partial charge >= 0.3 is 5.97 Å². The molecule has 17 heavy (non-hydrogen) atoms. The zero-order valence-electron chi connectivity index (χ0n) is 9.88. The maximum Gasteiger partial charge on any atom is 0.347 e. The van der Waals surface area contributed by atoms with E-state index < -0.39 is 42.3 Å². The van der Waals surface area contributed by atoms with Crippen LogP contribution in [-0.4, -0.2) is 56.4 Å². The Morgan fingerprint density at radius 2 is 2.06 bits per heavy atom. The van der Waals surface area contributed by atoms with Crippen LogP contribution in [0.3, 0.4) is 0 Å². The molecule has 0 aromatic rings. The van der Waals surface area contributed by atoms with Crippen LogP contribution in [-0.2, 0) is 14.3 Å². The standard InChI is InChI=1S/C10H17O7/c1-9(2,3)17-8(14)10(15)6(12)5(4-11)16-7(10)13/h5-6,11-13,15H,4H2,1-3H3/t5-,6+,10-/m1/s1. The highest BCUT2D eigenvalue weighted by Gasteiger charge is 2.63. The van der Waals surface area contributed by atoms with Gasteiger partial charge in [0.05, 0.1) is 6.61 Å². The molecule has 3 atom stereocenters. The van der Waals surface area contributed by atoms with Gasteiger partial charge in [-0.25, -0.2) is 4.79 Å². The van der Waals surface area contributed by atoms with E-state index in [1.54, 1.807) is 20.8 Å². The van der Waals surface area contributed by atoms with E-state index in [9.17, 15) is 20.1 Å². The molecule has 1 aliphatic heterocycles. The van der Waals surface area contributed by atoms with E-state index in [1.165, 1.54) is 0 Å². The smallest absolute Gasteiger partial charge is 0.347 e. The van der Waals surface area contributed by atoms with E-state index >= 15 is 0 Å². The van der Waals surface area contributed by atoms with E-state index in [2.05, 4.69) is 4.74 Å². The van der Waals surface area contributed by atoms with Gasteiger partial charge in [-0.2, -0.15) is 0 Å². The fraction of sp³-hybridized carbons (Fsp3) is 0.800. The highest BCUT2D eigenvalue weighted by Crippen LogP contribution is 2.36. The topological polar surface area (TPSA) is 116 Å². The van der Waals surface area contributed by atoms with Gasteiger partial charge in [-0.1, -0.05) is 0 Å². The van der Waals surface area contributed by atoms with Crippen LogP contribution in [0.2, 0.25) is 0 Å². The van der Waals surface area contributed by atoms with Crippen molar-refractivity contribution >= 4 is 5.97 Å². The first kappa shape index (κ1) is 14.3. The van der Waals surface area contributed by atoms with Crippen molar-refractivity contribution in [2.45, 2.75) is 44.2 Å². The molecule has 99 valence electrons. The number of rotatable bonds is 2. The van der Waals surface area contributed by atoms with Crippen molar-refractivity contribution < 1.29 is 34.7 Å². The molecule has 0 unspecified atom stereocenters. The third kappa shape index (κ3) is 2.58. The molecular weight excluding hydrogens is 232 g/mol. The van der Waals surface area contributed by atoms with E-state index in [-0.39, 0.29) is 0 Å². The molecule has 0 saturated carbocycles. The maximum atomic E-state index is 11.7. The fourth-order valence-electron chi connectivity index (χ4n) is 1.39. The number of aliphatic hydroxyl groups is 4. The minimum absolute atomic E-state index is 0.656. The van der Waals surface area contributed by atoms with Gasteiger partial charge in [0, 0.05) is 0 Å². The lowest BCUT2D eigenvalue weighted by atomic mass is 9.95. The summed E-state index contributed by atoms with van der Waals surface area (Å²) in [6.45, 7) is 4.04. The Bertz CT molecular complexity index is 298. The van der Waals surface area contributed by atoms with Crippen LogP contribution in [0.25, 0.3) is 0 Å². The Kier molecular flexibility index (Phi) is 3.80. The third-order valence-corrected chi connectivity index (χ3v) is 2.26. The lowest BCUT2D eigenvalue weighted by Crippen LogP contribution is -2.54. The summed E-state index contributed by atoms with van der Waals surface area (Å²) in [4.78, 5) is 11.7. The molecule has 0 amide bonds. The molecule has 0 aliphatic carbocycles. The van der Waals surface area contributed by atoms with Crippen molar-refractivity contribution in [3.63, 3.8) is 0 Å². The average Bonchev–Trinajstić information content (AvgIpc) is 2.41. The second-order valence-corrected chi connectivity index (χ2v) is 4.86. The lowest BCUT2D eigenvalue weighted by Gasteiger charge is -2.29. The Balaban J connectivity index is 2.90. The molecule has 7 nitrogen and oxygen atoms in total. The van der Waals surface area contributed by atoms with E-state index in [4.69, 9.17) is 9.84 Å². The molecule has 1 saturated heterocycles. The number of hydrogen-bond donors (Lipinski definition) is 4. The molecule has 1 rings (SSSR count). The summed E-state index contributed by atoms with van der Waals surface area (Å²) in [5.41, 5.74) is -3.56. The van der Waals surface area contributed by atoms with Crippen LogP contribution in [0.4, 0.5) is 0 Å². The summed E-state index contributed by atoms with van der Waals surface area (Å²) >= 11 is 0. The molecule has 0 aromatic carbocycles. The minimum Gasteiger partial charge on any atom is -0.458 e. The number of ether oxygens (including phenoxy) is 2. The van der Waals surface area contributed by atoms with Crippen LogP contribution >= 0.6 is 0 Å². The molecule has 7 heteroatoms. The van der Waals surface area contributed by atoms with E-state index in [1.807, 2.05) is 0 Å². The normalized spacial score (nSPS) is 35.0. The quantitative estimate of drug-likeness (QED) is 0.448. The Hall–Kier alpha value is -0.730. The first-order valence-corrected chi connectivity index (χ1v) is 5.10. The van der Waals surface area contributed by atoms with Gasteiger partial charge < -0.3 is 29.9 Å². The van der Waals surface area contributed by atoms with Crippen LogP contribution in [0, 0.1) is 6.29 Å². The molecule has 1 radical (unpaired) electrons. The average molecular weight is 249 g/mol. The summed E-state index contributed by atoms with van der Waals surface area (Å²) in [5, 5.41) is 37.7. The zero-order valence-corrected chi connectivity index (χ0v) is 9.88. The zero-order chi connectivity index (χ0) is 13.4. The van der Waals surface area contributed by atoms with Gasteiger partial charge in [-0.3, -0.25) is 0 Å². The van der Waals surface area contributed by atoms with Crippen molar-refractivity contribution in [2.24, 2.45) is 0 Å². The Morgan fingerprint density at radius 1 is 1.53 bits per heavy atom. The number of carbonyl (C=O) groups is 1. The van der Waals surface area contributed by atoms with Crippen LogP contribution in [0.1, 0.15) is 20.8 Å². The van der Waals surface area contributed by atoms with Crippen LogP contribution < -0.4 is 0 Å². The van der Waals surface area contributed by atoms with Gasteiger partial charge in [-0.15, -0.1) is 0 Å². The van der Waals surface area contributed by atoms with Crippen molar-refractivity contribution in [1.29, 1.82) is 0 Å². The second-order valence-electron chi connectivity index (χ2n) is 4.86. The molecule has 4 N–H and O–H groups in total.